The molecular formula is C13H22N2O3. The summed E-state index contributed by atoms with van der Waals surface area (Å²) < 4.78 is 11.3. The Balaban J connectivity index is 1.44. The minimum absolute atomic E-state index is 0.0282. The van der Waals surface area contributed by atoms with E-state index in [4.69, 9.17) is 9.47 Å². The molecule has 1 aliphatic carbocycles. The highest BCUT2D eigenvalue weighted by Gasteiger charge is 2.41. The van der Waals surface area contributed by atoms with E-state index in [2.05, 4.69) is 10.6 Å². The molecule has 18 heavy (non-hydrogen) atoms. The molecule has 102 valence electrons. The first-order valence-corrected chi connectivity index (χ1v) is 7.06. The molecular weight excluding hydrogens is 232 g/mol. The fraction of sp³-hybridized carbons (Fsp3) is 0.923. The lowest BCUT2D eigenvalue weighted by atomic mass is 10.1. The van der Waals surface area contributed by atoms with Gasteiger partial charge in [0.25, 0.3) is 0 Å². The number of hydrogen-bond donors (Lipinski definition) is 2. The van der Waals surface area contributed by atoms with Crippen LogP contribution < -0.4 is 10.6 Å². The van der Waals surface area contributed by atoms with E-state index in [1.54, 1.807) is 0 Å². The molecule has 2 heterocycles. The van der Waals surface area contributed by atoms with Crippen LogP contribution in [0.3, 0.4) is 0 Å². The summed E-state index contributed by atoms with van der Waals surface area (Å²) in [5.41, 5.74) is 0. The van der Waals surface area contributed by atoms with Gasteiger partial charge >= 0.3 is 0 Å². The average molecular weight is 254 g/mol. The highest BCUT2D eigenvalue weighted by Crippen LogP contribution is 2.38. The van der Waals surface area contributed by atoms with Gasteiger partial charge in [-0.25, -0.2) is 0 Å². The molecule has 0 aromatic carbocycles. The summed E-state index contributed by atoms with van der Waals surface area (Å²) in [5, 5.41) is 6.37. The predicted molar refractivity (Wildman–Crippen MR) is 66.2 cm³/mol. The van der Waals surface area contributed by atoms with Crippen LogP contribution in [0.15, 0.2) is 0 Å². The van der Waals surface area contributed by atoms with E-state index in [0.29, 0.717) is 18.9 Å². The summed E-state index contributed by atoms with van der Waals surface area (Å²) in [6.07, 6.45) is 4.22. The summed E-state index contributed by atoms with van der Waals surface area (Å²) in [5.74, 6) is 0.787. The van der Waals surface area contributed by atoms with Crippen molar-refractivity contribution >= 4 is 5.91 Å². The van der Waals surface area contributed by atoms with Crippen molar-refractivity contribution in [2.45, 2.75) is 43.9 Å². The molecule has 3 atom stereocenters. The van der Waals surface area contributed by atoms with E-state index in [9.17, 15) is 4.79 Å². The maximum atomic E-state index is 12.0. The van der Waals surface area contributed by atoms with Crippen molar-refractivity contribution in [1.82, 2.24) is 10.6 Å². The molecule has 0 bridgehead atoms. The zero-order valence-corrected chi connectivity index (χ0v) is 10.7. The number of carbonyl (C=O) groups excluding carboxylic acids is 1. The zero-order valence-electron chi connectivity index (χ0n) is 10.7. The second-order valence-electron chi connectivity index (χ2n) is 5.54. The number of carbonyl (C=O) groups is 1. The smallest absolute Gasteiger partial charge is 0.222 e. The van der Waals surface area contributed by atoms with Gasteiger partial charge in [0.05, 0.1) is 31.3 Å². The van der Waals surface area contributed by atoms with Gasteiger partial charge in [-0.2, -0.15) is 0 Å². The fourth-order valence-corrected chi connectivity index (χ4v) is 2.88. The van der Waals surface area contributed by atoms with Crippen LogP contribution in [-0.2, 0) is 14.3 Å². The van der Waals surface area contributed by atoms with Gasteiger partial charge in [0.2, 0.25) is 5.91 Å². The highest BCUT2D eigenvalue weighted by atomic mass is 16.5. The fourth-order valence-electron chi connectivity index (χ4n) is 2.88. The van der Waals surface area contributed by atoms with Gasteiger partial charge in [-0.15, -0.1) is 0 Å². The number of morpholine rings is 1. The molecule has 0 spiro atoms. The van der Waals surface area contributed by atoms with E-state index in [1.165, 1.54) is 12.8 Å². The molecule has 1 amide bonds. The molecule has 0 radical (unpaired) electrons. The predicted octanol–water partition coefficient (Wildman–Crippen LogP) is 0.0486. The Hall–Kier alpha value is -0.650. The molecule has 3 rings (SSSR count). The third-order valence-corrected chi connectivity index (χ3v) is 3.99. The van der Waals surface area contributed by atoms with E-state index in [1.807, 2.05) is 0 Å². The average Bonchev–Trinajstić information content (AvgIpc) is 3.12. The summed E-state index contributed by atoms with van der Waals surface area (Å²) in [6, 6.07) is 0.224. The first kappa shape index (κ1) is 12.4. The molecule has 1 saturated carbocycles. The molecule has 2 saturated heterocycles. The van der Waals surface area contributed by atoms with E-state index >= 15 is 0 Å². The first-order chi connectivity index (χ1) is 8.83. The second-order valence-corrected chi connectivity index (χ2v) is 5.54. The van der Waals surface area contributed by atoms with Crippen LogP contribution in [0.4, 0.5) is 0 Å². The summed E-state index contributed by atoms with van der Waals surface area (Å²) in [6.45, 7) is 3.15. The second kappa shape index (κ2) is 5.55. The molecule has 3 unspecified atom stereocenters. The first-order valence-electron chi connectivity index (χ1n) is 7.06. The molecule has 3 aliphatic rings. The Kier molecular flexibility index (Phi) is 3.82. The van der Waals surface area contributed by atoms with Crippen LogP contribution in [0, 0.1) is 5.92 Å². The van der Waals surface area contributed by atoms with Crippen molar-refractivity contribution in [3.63, 3.8) is 0 Å². The Morgan fingerprint density at radius 2 is 2.11 bits per heavy atom. The third kappa shape index (κ3) is 3.02. The largest absolute Gasteiger partial charge is 0.376 e. The topological polar surface area (TPSA) is 59.6 Å². The maximum Gasteiger partial charge on any atom is 0.222 e. The van der Waals surface area contributed by atoms with Crippen LogP contribution in [-0.4, -0.2) is 50.5 Å². The van der Waals surface area contributed by atoms with E-state index in [0.717, 1.165) is 26.1 Å². The van der Waals surface area contributed by atoms with Crippen LogP contribution in [0.2, 0.25) is 0 Å². The molecule has 5 nitrogen and oxygen atoms in total. The molecule has 0 aromatic rings. The standard InChI is InChI=1S/C13H22N2O3/c16-12(7-10-8-14-4-6-17-10)15-11-3-5-18-13(11)9-1-2-9/h9-11,13-14H,1-8H2,(H,15,16). The number of ether oxygens (including phenoxy) is 2. The minimum atomic E-state index is 0.0282. The van der Waals surface area contributed by atoms with Gasteiger partial charge in [-0.05, 0) is 25.2 Å². The summed E-state index contributed by atoms with van der Waals surface area (Å²) in [4.78, 5) is 12.0. The van der Waals surface area contributed by atoms with Crippen molar-refractivity contribution in [3.05, 3.63) is 0 Å². The van der Waals surface area contributed by atoms with Gasteiger partial charge < -0.3 is 20.1 Å². The normalized spacial score (nSPS) is 36.6. The lowest BCUT2D eigenvalue weighted by molar-refractivity contribution is -0.125. The summed E-state index contributed by atoms with van der Waals surface area (Å²) >= 11 is 0. The van der Waals surface area contributed by atoms with Crippen molar-refractivity contribution in [2.75, 3.05) is 26.3 Å². The third-order valence-electron chi connectivity index (χ3n) is 3.99. The lowest BCUT2D eigenvalue weighted by Crippen LogP contribution is -2.45. The zero-order chi connectivity index (χ0) is 12.4. The maximum absolute atomic E-state index is 12.0. The van der Waals surface area contributed by atoms with E-state index < -0.39 is 0 Å². The van der Waals surface area contributed by atoms with Gasteiger partial charge in [0.15, 0.2) is 0 Å². The molecule has 0 aromatic heterocycles. The highest BCUT2D eigenvalue weighted by molar-refractivity contribution is 5.77. The number of hydrogen-bond acceptors (Lipinski definition) is 4. The van der Waals surface area contributed by atoms with E-state index in [-0.39, 0.29) is 24.2 Å². The minimum Gasteiger partial charge on any atom is -0.376 e. The monoisotopic (exact) mass is 254 g/mol. The Morgan fingerprint density at radius 3 is 2.83 bits per heavy atom. The van der Waals surface area contributed by atoms with Crippen LogP contribution in [0.25, 0.3) is 0 Å². The lowest BCUT2D eigenvalue weighted by Gasteiger charge is -2.25. The summed E-state index contributed by atoms with van der Waals surface area (Å²) in [7, 11) is 0. The Bertz CT molecular complexity index is 301. The number of amides is 1. The van der Waals surface area contributed by atoms with Gasteiger partial charge in [0, 0.05) is 19.7 Å². The van der Waals surface area contributed by atoms with Crippen molar-refractivity contribution in [3.8, 4) is 0 Å². The quantitative estimate of drug-likeness (QED) is 0.744. The number of nitrogens with one attached hydrogen (secondary N) is 2. The molecule has 2 aliphatic heterocycles. The molecule has 3 fully saturated rings. The van der Waals surface area contributed by atoms with Crippen molar-refractivity contribution < 1.29 is 14.3 Å². The van der Waals surface area contributed by atoms with Crippen molar-refractivity contribution in [1.29, 1.82) is 0 Å². The SMILES string of the molecule is O=C(CC1CNCCO1)NC1CCOC1C1CC1. The van der Waals surface area contributed by atoms with Gasteiger partial charge in [0.1, 0.15) is 0 Å². The molecule has 5 heteroatoms. The number of rotatable bonds is 4. The van der Waals surface area contributed by atoms with Gasteiger partial charge in [-0.3, -0.25) is 4.79 Å². The van der Waals surface area contributed by atoms with Crippen molar-refractivity contribution in [2.24, 2.45) is 5.92 Å². The van der Waals surface area contributed by atoms with Crippen LogP contribution in [0.1, 0.15) is 25.7 Å². The van der Waals surface area contributed by atoms with Crippen LogP contribution in [0.5, 0.6) is 0 Å². The molecule has 2 N–H and O–H groups in total. The van der Waals surface area contributed by atoms with Crippen LogP contribution >= 0.6 is 0 Å². The Labute approximate surface area is 108 Å². The van der Waals surface area contributed by atoms with Gasteiger partial charge in [-0.1, -0.05) is 0 Å². The Morgan fingerprint density at radius 1 is 1.22 bits per heavy atom.